The Bertz CT molecular complexity index is 422. The van der Waals surface area contributed by atoms with Crippen LogP contribution in [0.5, 0.6) is 11.5 Å². The zero-order valence-electron chi connectivity index (χ0n) is 10.1. The van der Waals surface area contributed by atoms with E-state index in [1.807, 2.05) is 6.92 Å². The van der Waals surface area contributed by atoms with Gasteiger partial charge >= 0.3 is 0 Å². The molecule has 3 nitrogen and oxygen atoms in total. The number of hydrogen-bond donors (Lipinski definition) is 2. The molecule has 17 heavy (non-hydrogen) atoms. The third kappa shape index (κ3) is 3.09. The molecule has 0 atom stereocenters. The summed E-state index contributed by atoms with van der Waals surface area (Å²) in [4.78, 5) is 11.8. The molecule has 1 rings (SSSR count). The highest BCUT2D eigenvalue weighted by Crippen LogP contribution is 2.32. The van der Waals surface area contributed by atoms with Crippen LogP contribution in [-0.2, 0) is 6.42 Å². The third-order valence-electron chi connectivity index (χ3n) is 2.66. The molecule has 0 fully saturated rings. The van der Waals surface area contributed by atoms with Crippen molar-refractivity contribution >= 4 is 5.78 Å². The van der Waals surface area contributed by atoms with Gasteiger partial charge in [0, 0.05) is 12.0 Å². The van der Waals surface area contributed by atoms with E-state index in [9.17, 15) is 15.0 Å². The second-order valence-corrected chi connectivity index (χ2v) is 3.98. The average molecular weight is 234 g/mol. The lowest BCUT2D eigenvalue weighted by atomic mass is 9.99. The Morgan fingerprint density at radius 3 is 2.71 bits per heavy atom. The van der Waals surface area contributed by atoms with E-state index in [1.54, 1.807) is 6.08 Å². The maximum atomic E-state index is 11.8. The molecule has 0 saturated carbocycles. The fourth-order valence-corrected chi connectivity index (χ4v) is 1.67. The quantitative estimate of drug-likeness (QED) is 0.587. The second kappa shape index (κ2) is 6.09. The number of rotatable bonds is 6. The smallest absolute Gasteiger partial charge is 0.166 e. The minimum Gasteiger partial charge on any atom is -0.508 e. The number of carbonyl (C=O) groups excluding carboxylic acids is 1. The van der Waals surface area contributed by atoms with Gasteiger partial charge in [0.25, 0.3) is 0 Å². The molecule has 0 amide bonds. The predicted octanol–water partition coefficient (Wildman–Crippen LogP) is 3.20. The summed E-state index contributed by atoms with van der Waals surface area (Å²) < 4.78 is 0. The van der Waals surface area contributed by atoms with Gasteiger partial charge in [-0.05, 0) is 25.0 Å². The average Bonchev–Trinajstić information content (AvgIpc) is 2.31. The standard InChI is InChI=1S/C14H18O3/c1-3-5-7-12(15)11-8-9-13(16)10(6-4-2)14(11)17/h4,8-9,16-17H,2-3,5-7H2,1H3. The van der Waals surface area contributed by atoms with E-state index in [4.69, 9.17) is 0 Å². The SMILES string of the molecule is C=CCc1c(O)ccc(C(=O)CCCC)c1O. The third-order valence-corrected chi connectivity index (χ3v) is 2.66. The number of Topliss-reactive ketones (excluding diaryl/α,β-unsaturated/α-hetero) is 1. The predicted molar refractivity (Wildman–Crippen MR) is 67.5 cm³/mol. The van der Waals surface area contributed by atoms with Gasteiger partial charge in [-0.1, -0.05) is 19.4 Å². The second-order valence-electron chi connectivity index (χ2n) is 3.98. The lowest BCUT2D eigenvalue weighted by molar-refractivity contribution is 0.0977. The first-order chi connectivity index (χ1) is 8.11. The molecule has 3 heteroatoms. The monoisotopic (exact) mass is 234 g/mol. The highest BCUT2D eigenvalue weighted by molar-refractivity contribution is 5.99. The Morgan fingerprint density at radius 1 is 1.41 bits per heavy atom. The highest BCUT2D eigenvalue weighted by Gasteiger charge is 2.16. The number of allylic oxidation sites excluding steroid dienone is 1. The molecule has 0 aliphatic heterocycles. The van der Waals surface area contributed by atoms with Crippen molar-refractivity contribution < 1.29 is 15.0 Å². The van der Waals surface area contributed by atoms with Crippen molar-refractivity contribution in [2.24, 2.45) is 0 Å². The van der Waals surface area contributed by atoms with Crippen LogP contribution in [0.15, 0.2) is 24.8 Å². The van der Waals surface area contributed by atoms with E-state index >= 15 is 0 Å². The van der Waals surface area contributed by atoms with E-state index in [1.165, 1.54) is 12.1 Å². The van der Waals surface area contributed by atoms with Gasteiger partial charge in [-0.2, -0.15) is 0 Å². The molecule has 0 spiro atoms. The van der Waals surface area contributed by atoms with Gasteiger partial charge in [0.2, 0.25) is 0 Å². The van der Waals surface area contributed by atoms with Crippen LogP contribution < -0.4 is 0 Å². The molecule has 0 unspecified atom stereocenters. The minimum absolute atomic E-state index is 0.00515. The van der Waals surface area contributed by atoms with Gasteiger partial charge in [-0.15, -0.1) is 6.58 Å². The summed E-state index contributed by atoms with van der Waals surface area (Å²) in [7, 11) is 0. The van der Waals surface area contributed by atoms with E-state index in [0.29, 0.717) is 18.4 Å². The van der Waals surface area contributed by atoms with Crippen LogP contribution in [-0.4, -0.2) is 16.0 Å². The summed E-state index contributed by atoms with van der Waals surface area (Å²) in [5.41, 5.74) is 0.649. The zero-order chi connectivity index (χ0) is 12.8. The van der Waals surface area contributed by atoms with Crippen LogP contribution in [0.1, 0.15) is 42.1 Å². The van der Waals surface area contributed by atoms with Crippen LogP contribution in [0, 0.1) is 0 Å². The van der Waals surface area contributed by atoms with Crippen molar-refractivity contribution in [2.75, 3.05) is 0 Å². The number of phenolic OH excluding ortho intramolecular Hbond substituents is 2. The van der Waals surface area contributed by atoms with Gasteiger partial charge < -0.3 is 10.2 Å². The minimum atomic E-state index is -0.119. The van der Waals surface area contributed by atoms with E-state index in [-0.39, 0.29) is 22.8 Å². The van der Waals surface area contributed by atoms with E-state index in [2.05, 4.69) is 6.58 Å². The number of carbonyl (C=O) groups is 1. The van der Waals surface area contributed by atoms with Crippen molar-refractivity contribution in [1.29, 1.82) is 0 Å². The van der Waals surface area contributed by atoms with Crippen molar-refractivity contribution in [2.45, 2.75) is 32.6 Å². The molecule has 0 bridgehead atoms. The molecular weight excluding hydrogens is 216 g/mol. The van der Waals surface area contributed by atoms with Crippen LogP contribution in [0.2, 0.25) is 0 Å². The number of unbranched alkanes of at least 4 members (excludes halogenated alkanes) is 1. The summed E-state index contributed by atoms with van der Waals surface area (Å²) in [6.07, 6.45) is 4.07. The number of phenols is 2. The molecule has 0 heterocycles. The molecule has 2 N–H and O–H groups in total. The number of ketones is 1. The van der Waals surface area contributed by atoms with Crippen LogP contribution in [0.3, 0.4) is 0 Å². The Kier molecular flexibility index (Phi) is 4.76. The molecule has 0 aliphatic carbocycles. The number of hydrogen-bond acceptors (Lipinski definition) is 3. The fraction of sp³-hybridized carbons (Fsp3) is 0.357. The summed E-state index contributed by atoms with van der Waals surface area (Å²) >= 11 is 0. The Hall–Kier alpha value is -1.77. The van der Waals surface area contributed by atoms with Gasteiger partial charge in [-0.3, -0.25) is 4.79 Å². The maximum absolute atomic E-state index is 11.8. The first-order valence-electron chi connectivity index (χ1n) is 5.79. The maximum Gasteiger partial charge on any atom is 0.166 e. The lowest BCUT2D eigenvalue weighted by Crippen LogP contribution is -2.01. The van der Waals surface area contributed by atoms with Crippen LogP contribution in [0.4, 0.5) is 0 Å². The molecule has 92 valence electrons. The van der Waals surface area contributed by atoms with Crippen molar-refractivity contribution in [1.82, 2.24) is 0 Å². The topological polar surface area (TPSA) is 57.5 Å². The van der Waals surface area contributed by atoms with Gasteiger partial charge in [0.05, 0.1) is 5.56 Å². The molecule has 0 saturated heterocycles. The van der Waals surface area contributed by atoms with Crippen LogP contribution >= 0.6 is 0 Å². The first kappa shape index (κ1) is 13.3. The Morgan fingerprint density at radius 2 is 2.12 bits per heavy atom. The van der Waals surface area contributed by atoms with Gasteiger partial charge in [-0.25, -0.2) is 0 Å². The van der Waals surface area contributed by atoms with E-state index < -0.39 is 0 Å². The molecule has 0 radical (unpaired) electrons. The molecule has 1 aromatic rings. The fourth-order valence-electron chi connectivity index (χ4n) is 1.67. The van der Waals surface area contributed by atoms with E-state index in [0.717, 1.165) is 12.8 Å². The van der Waals surface area contributed by atoms with Gasteiger partial charge in [0.15, 0.2) is 5.78 Å². The molecule has 0 aromatic heterocycles. The van der Waals surface area contributed by atoms with Gasteiger partial charge in [0.1, 0.15) is 11.5 Å². The normalized spacial score (nSPS) is 10.2. The first-order valence-corrected chi connectivity index (χ1v) is 5.79. The Labute approximate surface area is 101 Å². The molecular formula is C14H18O3. The summed E-state index contributed by atoms with van der Waals surface area (Å²) in [5, 5.41) is 19.5. The highest BCUT2D eigenvalue weighted by atomic mass is 16.3. The largest absolute Gasteiger partial charge is 0.508 e. The van der Waals surface area contributed by atoms with Crippen molar-refractivity contribution in [3.05, 3.63) is 35.9 Å². The van der Waals surface area contributed by atoms with Crippen LogP contribution in [0.25, 0.3) is 0 Å². The van der Waals surface area contributed by atoms with Crippen molar-refractivity contribution in [3.63, 3.8) is 0 Å². The number of benzene rings is 1. The summed E-state index contributed by atoms with van der Waals surface area (Å²) in [6, 6.07) is 2.91. The molecule has 0 aliphatic rings. The summed E-state index contributed by atoms with van der Waals surface area (Å²) in [5.74, 6) is -0.213. The molecule has 1 aromatic carbocycles. The summed E-state index contributed by atoms with van der Waals surface area (Å²) in [6.45, 7) is 5.56. The lowest BCUT2D eigenvalue weighted by Gasteiger charge is -2.09. The Balaban J connectivity index is 3.05. The van der Waals surface area contributed by atoms with Crippen molar-refractivity contribution in [3.8, 4) is 11.5 Å². The zero-order valence-corrected chi connectivity index (χ0v) is 10.1. The number of aromatic hydroxyl groups is 2.